The summed E-state index contributed by atoms with van der Waals surface area (Å²) in [4.78, 5) is 11.3. The molecule has 0 spiro atoms. The molecule has 0 amide bonds. The lowest BCUT2D eigenvalue weighted by Gasteiger charge is -2.07. The summed E-state index contributed by atoms with van der Waals surface area (Å²) in [6.45, 7) is -0.194. The Labute approximate surface area is 109 Å². The molecule has 0 aromatic heterocycles. The number of esters is 1. The van der Waals surface area contributed by atoms with E-state index in [9.17, 15) is 18.0 Å². The number of rotatable bonds is 6. The largest absolute Gasteiger partial charge is 0.466 e. The Kier molecular flexibility index (Phi) is 5.66. The molecular formula is C13H16F3NO2. The summed E-state index contributed by atoms with van der Waals surface area (Å²) in [5.74, 6) is -0.487. The van der Waals surface area contributed by atoms with Crippen molar-refractivity contribution in [3.05, 3.63) is 29.8 Å². The van der Waals surface area contributed by atoms with E-state index in [2.05, 4.69) is 0 Å². The van der Waals surface area contributed by atoms with E-state index in [4.69, 9.17) is 10.5 Å². The number of nitrogens with two attached hydrogens (primary N) is 1. The highest BCUT2D eigenvalue weighted by Gasteiger charge is 2.26. The number of nitrogen functional groups attached to an aromatic ring is 1. The van der Waals surface area contributed by atoms with Crippen molar-refractivity contribution in [1.29, 1.82) is 0 Å². The normalized spacial score (nSPS) is 11.3. The molecule has 0 unspecified atom stereocenters. The van der Waals surface area contributed by atoms with Crippen molar-refractivity contribution in [2.45, 2.75) is 31.9 Å². The molecule has 0 aliphatic heterocycles. The van der Waals surface area contributed by atoms with Gasteiger partial charge in [0, 0.05) is 18.5 Å². The van der Waals surface area contributed by atoms with E-state index < -0.39 is 18.6 Å². The van der Waals surface area contributed by atoms with Gasteiger partial charge >= 0.3 is 12.1 Å². The van der Waals surface area contributed by atoms with Crippen LogP contribution < -0.4 is 5.73 Å². The summed E-state index contributed by atoms with van der Waals surface area (Å²) in [5.41, 5.74) is 7.08. The van der Waals surface area contributed by atoms with Gasteiger partial charge in [-0.3, -0.25) is 4.79 Å². The summed E-state index contributed by atoms with van der Waals surface area (Å²) in [6.07, 6.45) is -4.69. The average Bonchev–Trinajstić information content (AvgIpc) is 2.33. The first-order valence-corrected chi connectivity index (χ1v) is 5.93. The second-order valence-corrected chi connectivity index (χ2v) is 4.18. The van der Waals surface area contributed by atoms with Gasteiger partial charge in [0.15, 0.2) is 0 Å². The van der Waals surface area contributed by atoms with Crippen LogP contribution in [0, 0.1) is 0 Å². The number of hydrogen-bond acceptors (Lipinski definition) is 3. The molecule has 0 saturated heterocycles. The second-order valence-electron chi connectivity index (χ2n) is 4.18. The lowest BCUT2D eigenvalue weighted by atomic mass is 10.1. The Morgan fingerprint density at radius 1 is 1.21 bits per heavy atom. The molecule has 0 saturated carbocycles. The van der Waals surface area contributed by atoms with Crippen LogP contribution in [0.5, 0.6) is 0 Å². The Morgan fingerprint density at radius 3 is 2.42 bits per heavy atom. The molecule has 1 rings (SSSR count). The van der Waals surface area contributed by atoms with Gasteiger partial charge in [0.25, 0.3) is 0 Å². The summed E-state index contributed by atoms with van der Waals surface area (Å²) >= 11 is 0. The number of benzene rings is 1. The molecular weight excluding hydrogens is 259 g/mol. The van der Waals surface area contributed by atoms with E-state index in [1.54, 1.807) is 24.3 Å². The zero-order valence-corrected chi connectivity index (χ0v) is 10.4. The van der Waals surface area contributed by atoms with E-state index in [1.165, 1.54) is 0 Å². The van der Waals surface area contributed by atoms with E-state index in [1.807, 2.05) is 0 Å². The number of anilines is 1. The van der Waals surface area contributed by atoms with Crippen LogP contribution in [0.2, 0.25) is 0 Å². The molecule has 0 aliphatic rings. The highest BCUT2D eigenvalue weighted by Crippen LogP contribution is 2.21. The Bertz CT molecular complexity index is 401. The molecule has 0 radical (unpaired) electrons. The highest BCUT2D eigenvalue weighted by atomic mass is 19.4. The Morgan fingerprint density at radius 2 is 1.84 bits per heavy atom. The number of carbonyl (C=O) groups excluding carboxylic acids is 1. The van der Waals surface area contributed by atoms with Crippen molar-refractivity contribution in [3.8, 4) is 0 Å². The third kappa shape index (κ3) is 7.33. The van der Waals surface area contributed by atoms with Crippen LogP contribution in [0.25, 0.3) is 0 Å². The van der Waals surface area contributed by atoms with Crippen molar-refractivity contribution < 1.29 is 22.7 Å². The maximum atomic E-state index is 11.8. The fraction of sp³-hybridized carbons (Fsp3) is 0.462. The maximum absolute atomic E-state index is 11.8. The van der Waals surface area contributed by atoms with Gasteiger partial charge in [0.1, 0.15) is 0 Å². The van der Waals surface area contributed by atoms with Crippen molar-refractivity contribution in [2.75, 3.05) is 12.3 Å². The number of hydrogen-bond donors (Lipinski definition) is 1. The van der Waals surface area contributed by atoms with E-state index in [0.29, 0.717) is 12.1 Å². The van der Waals surface area contributed by atoms with Gasteiger partial charge in [-0.25, -0.2) is 0 Å². The minimum Gasteiger partial charge on any atom is -0.466 e. The van der Waals surface area contributed by atoms with Gasteiger partial charge in [-0.15, -0.1) is 0 Å². The quantitative estimate of drug-likeness (QED) is 0.493. The predicted molar refractivity (Wildman–Crippen MR) is 65.4 cm³/mol. The van der Waals surface area contributed by atoms with Crippen LogP contribution in [-0.2, 0) is 16.0 Å². The molecule has 6 heteroatoms. The molecule has 0 fully saturated rings. The van der Waals surface area contributed by atoms with Gasteiger partial charge in [-0.2, -0.15) is 13.2 Å². The number of carbonyl (C=O) groups is 1. The monoisotopic (exact) mass is 275 g/mol. The summed E-state index contributed by atoms with van der Waals surface area (Å²) in [5, 5.41) is 0. The molecule has 1 aromatic carbocycles. The first-order valence-electron chi connectivity index (χ1n) is 5.93. The molecule has 0 heterocycles. The molecule has 3 nitrogen and oxygen atoms in total. The van der Waals surface area contributed by atoms with Crippen LogP contribution in [0.15, 0.2) is 24.3 Å². The minimum absolute atomic E-state index is 0.149. The lowest BCUT2D eigenvalue weighted by molar-refractivity contribution is -0.150. The number of aryl methyl sites for hydroxylation is 1. The fourth-order valence-corrected chi connectivity index (χ4v) is 1.46. The van der Waals surface area contributed by atoms with E-state index in [-0.39, 0.29) is 19.4 Å². The molecule has 1 aromatic rings. The third-order valence-electron chi connectivity index (χ3n) is 2.47. The minimum atomic E-state index is -4.20. The summed E-state index contributed by atoms with van der Waals surface area (Å²) in [7, 11) is 0. The molecule has 0 bridgehead atoms. The highest BCUT2D eigenvalue weighted by molar-refractivity contribution is 5.69. The molecule has 0 aliphatic carbocycles. The van der Waals surface area contributed by atoms with Crippen molar-refractivity contribution in [2.24, 2.45) is 0 Å². The number of ether oxygens (including phenoxy) is 1. The zero-order valence-electron chi connectivity index (χ0n) is 10.4. The molecule has 106 valence electrons. The van der Waals surface area contributed by atoms with Gasteiger partial charge in [0.05, 0.1) is 6.61 Å². The molecule has 19 heavy (non-hydrogen) atoms. The summed E-state index contributed by atoms with van der Waals surface area (Å²) in [6, 6.07) is 7.05. The van der Waals surface area contributed by atoms with Crippen molar-refractivity contribution in [3.63, 3.8) is 0 Å². The fourth-order valence-electron chi connectivity index (χ4n) is 1.46. The first-order chi connectivity index (χ1) is 8.87. The van der Waals surface area contributed by atoms with Crippen LogP contribution in [0.1, 0.15) is 24.8 Å². The van der Waals surface area contributed by atoms with Crippen LogP contribution >= 0.6 is 0 Å². The van der Waals surface area contributed by atoms with Crippen LogP contribution in [0.4, 0.5) is 18.9 Å². The second kappa shape index (κ2) is 7.01. The topological polar surface area (TPSA) is 52.3 Å². The SMILES string of the molecule is Nc1ccc(CCC(=O)OCCCC(F)(F)F)cc1. The smallest absolute Gasteiger partial charge is 0.389 e. The molecule has 0 atom stereocenters. The van der Waals surface area contributed by atoms with Crippen LogP contribution in [-0.4, -0.2) is 18.8 Å². The standard InChI is InChI=1S/C13H16F3NO2/c14-13(15,16)8-1-9-19-12(18)7-4-10-2-5-11(17)6-3-10/h2-3,5-6H,1,4,7-9,17H2. The van der Waals surface area contributed by atoms with Crippen molar-refractivity contribution in [1.82, 2.24) is 0 Å². The van der Waals surface area contributed by atoms with Crippen LogP contribution in [0.3, 0.4) is 0 Å². The lowest BCUT2D eigenvalue weighted by Crippen LogP contribution is -2.11. The Hall–Kier alpha value is -1.72. The third-order valence-corrected chi connectivity index (χ3v) is 2.47. The van der Waals surface area contributed by atoms with Gasteiger partial charge < -0.3 is 10.5 Å². The number of halogens is 3. The van der Waals surface area contributed by atoms with Gasteiger partial charge in [-0.1, -0.05) is 12.1 Å². The van der Waals surface area contributed by atoms with Gasteiger partial charge in [-0.05, 0) is 30.5 Å². The first kappa shape index (κ1) is 15.3. The van der Waals surface area contributed by atoms with Gasteiger partial charge in [0.2, 0.25) is 0 Å². The average molecular weight is 275 g/mol. The summed E-state index contributed by atoms with van der Waals surface area (Å²) < 4.78 is 40.2. The Balaban J connectivity index is 2.16. The zero-order chi connectivity index (χ0) is 14.3. The van der Waals surface area contributed by atoms with Crippen molar-refractivity contribution >= 4 is 11.7 Å². The number of alkyl halides is 3. The van der Waals surface area contributed by atoms with E-state index >= 15 is 0 Å². The van der Waals surface area contributed by atoms with E-state index in [0.717, 1.165) is 5.56 Å². The maximum Gasteiger partial charge on any atom is 0.389 e. The molecule has 2 N–H and O–H groups in total. The predicted octanol–water partition coefficient (Wildman–Crippen LogP) is 3.09.